The van der Waals surface area contributed by atoms with Crippen LogP contribution < -0.4 is 10.2 Å². The molecule has 1 fully saturated rings. The van der Waals surface area contributed by atoms with Gasteiger partial charge in [0.2, 0.25) is 0 Å². The third-order valence-electron chi connectivity index (χ3n) is 4.23. The molecule has 24 heavy (non-hydrogen) atoms. The van der Waals surface area contributed by atoms with Gasteiger partial charge >= 0.3 is 6.03 Å². The first kappa shape index (κ1) is 16.2. The lowest BCUT2D eigenvalue weighted by molar-refractivity contribution is 0.194. The van der Waals surface area contributed by atoms with Gasteiger partial charge in [-0.05, 0) is 36.2 Å². The van der Waals surface area contributed by atoms with Crippen LogP contribution in [0.3, 0.4) is 0 Å². The summed E-state index contributed by atoms with van der Waals surface area (Å²) in [4.78, 5) is 16.3. The van der Waals surface area contributed by atoms with E-state index in [1.54, 1.807) is 16.8 Å². The minimum Gasteiger partial charge on any atom is -0.508 e. The van der Waals surface area contributed by atoms with Crippen LogP contribution >= 0.6 is 0 Å². The molecule has 0 bridgehead atoms. The summed E-state index contributed by atoms with van der Waals surface area (Å²) in [5.41, 5.74) is 2.19. The van der Waals surface area contributed by atoms with Crippen molar-refractivity contribution in [2.24, 2.45) is 7.05 Å². The molecule has 1 aromatic carbocycles. The number of piperazine rings is 1. The molecular formula is C17H23N5O2. The number of aryl methyl sites for hydroxylation is 1. The monoisotopic (exact) mass is 329 g/mol. The van der Waals surface area contributed by atoms with E-state index in [4.69, 9.17) is 0 Å². The van der Waals surface area contributed by atoms with Crippen LogP contribution in [-0.2, 0) is 13.5 Å². The van der Waals surface area contributed by atoms with E-state index >= 15 is 0 Å². The second kappa shape index (κ2) is 7.25. The standard InChI is InChI=1S/C17H23N5O2/c1-20-13-14(12-19-20)6-7-18-17(24)22-10-8-21(9-11-22)15-2-4-16(23)5-3-15/h2-5,12-13,23H,6-11H2,1H3,(H,18,24). The number of aromatic nitrogens is 2. The summed E-state index contributed by atoms with van der Waals surface area (Å²) < 4.78 is 1.76. The molecule has 1 saturated heterocycles. The van der Waals surface area contributed by atoms with Gasteiger partial charge in [0.25, 0.3) is 0 Å². The van der Waals surface area contributed by atoms with E-state index in [1.165, 1.54) is 0 Å². The van der Waals surface area contributed by atoms with E-state index in [0.29, 0.717) is 19.6 Å². The van der Waals surface area contributed by atoms with Gasteiger partial charge in [0, 0.05) is 51.7 Å². The average molecular weight is 329 g/mol. The van der Waals surface area contributed by atoms with Crippen molar-refractivity contribution in [1.82, 2.24) is 20.0 Å². The number of anilines is 1. The third kappa shape index (κ3) is 3.98. The Balaban J connectivity index is 1.42. The number of carbonyl (C=O) groups excluding carboxylic acids is 1. The maximum atomic E-state index is 12.2. The number of phenolic OH excluding ortho intramolecular Hbond substituents is 1. The Morgan fingerprint density at radius 1 is 1.21 bits per heavy atom. The molecule has 0 aliphatic carbocycles. The van der Waals surface area contributed by atoms with Crippen LogP contribution in [0.25, 0.3) is 0 Å². The Labute approximate surface area is 141 Å². The highest BCUT2D eigenvalue weighted by Crippen LogP contribution is 2.19. The highest BCUT2D eigenvalue weighted by atomic mass is 16.3. The molecule has 0 atom stereocenters. The average Bonchev–Trinajstić information content (AvgIpc) is 3.01. The predicted molar refractivity (Wildman–Crippen MR) is 92.2 cm³/mol. The van der Waals surface area contributed by atoms with Crippen molar-refractivity contribution in [1.29, 1.82) is 0 Å². The molecule has 1 aliphatic rings. The molecule has 1 aliphatic heterocycles. The molecule has 1 aromatic heterocycles. The zero-order valence-electron chi connectivity index (χ0n) is 13.9. The van der Waals surface area contributed by atoms with E-state index in [9.17, 15) is 9.90 Å². The smallest absolute Gasteiger partial charge is 0.317 e. The number of benzene rings is 1. The van der Waals surface area contributed by atoms with E-state index in [2.05, 4.69) is 15.3 Å². The first-order chi connectivity index (χ1) is 11.6. The number of nitrogens with zero attached hydrogens (tertiary/aromatic N) is 4. The molecular weight excluding hydrogens is 306 g/mol. The summed E-state index contributed by atoms with van der Waals surface area (Å²) in [6.07, 6.45) is 4.57. The van der Waals surface area contributed by atoms with Crippen LogP contribution in [-0.4, -0.2) is 58.5 Å². The van der Waals surface area contributed by atoms with Gasteiger partial charge in [-0.2, -0.15) is 5.10 Å². The fraction of sp³-hybridized carbons (Fsp3) is 0.412. The Morgan fingerprint density at radius 2 is 1.92 bits per heavy atom. The third-order valence-corrected chi connectivity index (χ3v) is 4.23. The van der Waals surface area contributed by atoms with Crippen LogP contribution in [0.2, 0.25) is 0 Å². The molecule has 0 unspecified atom stereocenters. The van der Waals surface area contributed by atoms with Gasteiger partial charge in [-0.3, -0.25) is 4.68 Å². The number of amides is 2. The molecule has 2 aromatic rings. The van der Waals surface area contributed by atoms with Gasteiger partial charge < -0.3 is 20.2 Å². The van der Waals surface area contributed by atoms with Crippen molar-refractivity contribution in [3.63, 3.8) is 0 Å². The molecule has 2 N–H and O–H groups in total. The molecule has 3 rings (SSSR count). The highest BCUT2D eigenvalue weighted by molar-refractivity contribution is 5.74. The normalized spacial score (nSPS) is 14.7. The number of aromatic hydroxyl groups is 1. The number of urea groups is 1. The molecule has 0 saturated carbocycles. The number of rotatable bonds is 4. The van der Waals surface area contributed by atoms with Gasteiger partial charge in [0.05, 0.1) is 6.20 Å². The number of hydrogen-bond acceptors (Lipinski definition) is 4. The summed E-state index contributed by atoms with van der Waals surface area (Å²) >= 11 is 0. The summed E-state index contributed by atoms with van der Waals surface area (Å²) in [6.45, 7) is 3.59. The lowest BCUT2D eigenvalue weighted by Gasteiger charge is -2.36. The summed E-state index contributed by atoms with van der Waals surface area (Å²) in [5, 5.41) is 16.4. The number of nitrogens with one attached hydrogen (secondary N) is 1. The van der Waals surface area contributed by atoms with Crippen molar-refractivity contribution in [2.75, 3.05) is 37.6 Å². The van der Waals surface area contributed by atoms with E-state index in [0.717, 1.165) is 30.8 Å². The minimum atomic E-state index is -0.00996. The topological polar surface area (TPSA) is 73.6 Å². The van der Waals surface area contributed by atoms with E-state index in [1.807, 2.05) is 36.5 Å². The molecule has 0 spiro atoms. The first-order valence-electron chi connectivity index (χ1n) is 8.16. The Morgan fingerprint density at radius 3 is 2.54 bits per heavy atom. The van der Waals surface area contributed by atoms with Crippen molar-refractivity contribution in [2.45, 2.75) is 6.42 Å². The van der Waals surface area contributed by atoms with Crippen molar-refractivity contribution >= 4 is 11.7 Å². The molecule has 2 amide bonds. The van der Waals surface area contributed by atoms with Crippen molar-refractivity contribution in [3.05, 3.63) is 42.2 Å². The maximum Gasteiger partial charge on any atom is 0.317 e. The van der Waals surface area contributed by atoms with Gasteiger partial charge in [0.15, 0.2) is 0 Å². The zero-order chi connectivity index (χ0) is 16.9. The Kier molecular flexibility index (Phi) is 4.88. The Hall–Kier alpha value is -2.70. The van der Waals surface area contributed by atoms with Crippen LogP contribution in [0.1, 0.15) is 5.56 Å². The number of hydrogen-bond donors (Lipinski definition) is 2. The highest BCUT2D eigenvalue weighted by Gasteiger charge is 2.20. The quantitative estimate of drug-likeness (QED) is 0.884. The van der Waals surface area contributed by atoms with Crippen molar-refractivity contribution < 1.29 is 9.90 Å². The second-order valence-corrected chi connectivity index (χ2v) is 5.99. The molecule has 128 valence electrons. The molecule has 0 radical (unpaired) electrons. The number of carbonyl (C=O) groups is 1. The van der Waals surface area contributed by atoms with Crippen LogP contribution in [0.4, 0.5) is 10.5 Å². The lowest BCUT2D eigenvalue weighted by Crippen LogP contribution is -2.52. The van der Waals surface area contributed by atoms with Crippen LogP contribution in [0.5, 0.6) is 5.75 Å². The molecule has 7 heteroatoms. The fourth-order valence-electron chi connectivity index (χ4n) is 2.86. The zero-order valence-corrected chi connectivity index (χ0v) is 13.9. The lowest BCUT2D eigenvalue weighted by atomic mass is 10.2. The van der Waals surface area contributed by atoms with Gasteiger partial charge in [-0.15, -0.1) is 0 Å². The largest absolute Gasteiger partial charge is 0.508 e. The maximum absolute atomic E-state index is 12.2. The number of phenols is 1. The molecule has 2 heterocycles. The summed E-state index contributed by atoms with van der Waals surface area (Å²) in [5.74, 6) is 0.269. The van der Waals surface area contributed by atoms with E-state index < -0.39 is 0 Å². The van der Waals surface area contributed by atoms with Gasteiger partial charge in [-0.25, -0.2) is 4.79 Å². The first-order valence-corrected chi connectivity index (χ1v) is 8.16. The van der Waals surface area contributed by atoms with Gasteiger partial charge in [-0.1, -0.05) is 0 Å². The Bertz CT molecular complexity index is 675. The van der Waals surface area contributed by atoms with Gasteiger partial charge in [0.1, 0.15) is 5.75 Å². The van der Waals surface area contributed by atoms with Crippen LogP contribution in [0.15, 0.2) is 36.7 Å². The fourth-order valence-corrected chi connectivity index (χ4v) is 2.86. The minimum absolute atomic E-state index is 0.00996. The summed E-state index contributed by atoms with van der Waals surface area (Å²) in [6, 6.07) is 7.17. The predicted octanol–water partition coefficient (Wildman–Crippen LogP) is 1.20. The summed E-state index contributed by atoms with van der Waals surface area (Å²) in [7, 11) is 1.88. The SMILES string of the molecule is Cn1cc(CCNC(=O)N2CCN(c3ccc(O)cc3)CC2)cn1. The van der Waals surface area contributed by atoms with E-state index in [-0.39, 0.29) is 11.8 Å². The van der Waals surface area contributed by atoms with Crippen molar-refractivity contribution in [3.8, 4) is 5.75 Å². The van der Waals surface area contributed by atoms with Crippen LogP contribution in [0, 0.1) is 0 Å². The molecule has 7 nitrogen and oxygen atoms in total. The second-order valence-electron chi connectivity index (χ2n) is 5.99.